The van der Waals surface area contributed by atoms with Crippen molar-refractivity contribution in [2.75, 3.05) is 13.1 Å². The molecule has 3 rings (SSSR count). The van der Waals surface area contributed by atoms with E-state index in [9.17, 15) is 4.79 Å². The van der Waals surface area contributed by atoms with Crippen molar-refractivity contribution in [3.63, 3.8) is 0 Å². The van der Waals surface area contributed by atoms with E-state index in [0.717, 1.165) is 30.8 Å². The molecule has 2 heterocycles. The number of piperidine rings is 1. The second kappa shape index (κ2) is 7.43. The van der Waals surface area contributed by atoms with Gasteiger partial charge in [-0.1, -0.05) is 32.0 Å². The summed E-state index contributed by atoms with van der Waals surface area (Å²) < 4.78 is 5.93. The van der Waals surface area contributed by atoms with Crippen LogP contribution in [0, 0.1) is 5.92 Å². The Labute approximate surface area is 142 Å². The molecule has 1 aromatic heterocycles. The van der Waals surface area contributed by atoms with Crippen LogP contribution in [-0.4, -0.2) is 33.9 Å². The van der Waals surface area contributed by atoms with Gasteiger partial charge in [-0.25, -0.2) is 4.98 Å². The Kier molecular flexibility index (Phi) is 5.08. The maximum atomic E-state index is 12.3. The summed E-state index contributed by atoms with van der Waals surface area (Å²) in [5.41, 5.74) is 0.836. The van der Waals surface area contributed by atoms with E-state index < -0.39 is 0 Å². The number of ether oxygens (including phenoxy) is 1. The SMILES string of the molecule is CC(C)C(=O)N1CCCC(c2nccnc2Oc2ccccc2)C1. The average molecular weight is 325 g/mol. The van der Waals surface area contributed by atoms with Gasteiger partial charge in [-0.3, -0.25) is 9.78 Å². The van der Waals surface area contributed by atoms with E-state index >= 15 is 0 Å². The van der Waals surface area contributed by atoms with Crippen molar-refractivity contribution in [2.24, 2.45) is 5.92 Å². The van der Waals surface area contributed by atoms with Crippen molar-refractivity contribution in [3.05, 3.63) is 48.4 Å². The van der Waals surface area contributed by atoms with Crippen LogP contribution >= 0.6 is 0 Å². The minimum atomic E-state index is 0.0191. The molecule has 24 heavy (non-hydrogen) atoms. The van der Waals surface area contributed by atoms with Crippen LogP contribution in [0.4, 0.5) is 0 Å². The molecule has 1 aliphatic rings. The van der Waals surface area contributed by atoms with Gasteiger partial charge in [-0.2, -0.15) is 0 Å². The molecule has 2 aromatic rings. The first kappa shape index (κ1) is 16.4. The molecule has 1 fully saturated rings. The number of carbonyl (C=O) groups excluding carboxylic acids is 1. The summed E-state index contributed by atoms with van der Waals surface area (Å²) in [5.74, 6) is 1.66. The quantitative estimate of drug-likeness (QED) is 0.861. The topological polar surface area (TPSA) is 55.3 Å². The van der Waals surface area contributed by atoms with Gasteiger partial charge in [-0.05, 0) is 25.0 Å². The third kappa shape index (κ3) is 3.72. The summed E-state index contributed by atoms with van der Waals surface area (Å²) in [4.78, 5) is 23.1. The van der Waals surface area contributed by atoms with E-state index in [1.165, 1.54) is 0 Å². The zero-order chi connectivity index (χ0) is 16.9. The highest BCUT2D eigenvalue weighted by Gasteiger charge is 2.29. The molecule has 0 bridgehead atoms. The van der Waals surface area contributed by atoms with Crippen LogP contribution in [0.15, 0.2) is 42.7 Å². The zero-order valence-electron chi connectivity index (χ0n) is 14.2. The van der Waals surface area contributed by atoms with Crippen LogP contribution in [0.3, 0.4) is 0 Å². The third-order valence-electron chi connectivity index (χ3n) is 4.26. The van der Waals surface area contributed by atoms with Crippen molar-refractivity contribution in [1.82, 2.24) is 14.9 Å². The molecule has 0 saturated carbocycles. The van der Waals surface area contributed by atoms with Gasteiger partial charge < -0.3 is 9.64 Å². The number of likely N-dealkylation sites (tertiary alicyclic amines) is 1. The molecule has 1 saturated heterocycles. The number of carbonyl (C=O) groups is 1. The van der Waals surface area contributed by atoms with Crippen molar-refractivity contribution in [2.45, 2.75) is 32.6 Å². The number of hydrogen-bond acceptors (Lipinski definition) is 4. The molecule has 1 aromatic carbocycles. The fourth-order valence-corrected chi connectivity index (χ4v) is 3.06. The Morgan fingerprint density at radius 1 is 1.21 bits per heavy atom. The summed E-state index contributed by atoms with van der Waals surface area (Å²) in [6, 6.07) is 9.59. The first-order valence-corrected chi connectivity index (χ1v) is 8.47. The van der Waals surface area contributed by atoms with E-state index in [-0.39, 0.29) is 17.7 Å². The molecule has 0 aliphatic carbocycles. The fraction of sp³-hybridized carbons (Fsp3) is 0.421. The molecule has 0 N–H and O–H groups in total. The number of benzene rings is 1. The first-order valence-electron chi connectivity index (χ1n) is 8.47. The molecular formula is C19H23N3O2. The van der Waals surface area contributed by atoms with Crippen LogP contribution in [0.5, 0.6) is 11.6 Å². The molecule has 0 radical (unpaired) electrons. The van der Waals surface area contributed by atoms with Gasteiger partial charge in [0.25, 0.3) is 0 Å². The molecule has 1 aliphatic heterocycles. The predicted octanol–water partition coefficient (Wildman–Crippen LogP) is 3.63. The van der Waals surface area contributed by atoms with Crippen molar-refractivity contribution in [1.29, 1.82) is 0 Å². The lowest BCUT2D eigenvalue weighted by Crippen LogP contribution is -2.41. The van der Waals surface area contributed by atoms with Gasteiger partial charge in [0.1, 0.15) is 11.4 Å². The Hall–Kier alpha value is -2.43. The molecule has 5 nitrogen and oxygen atoms in total. The smallest absolute Gasteiger partial charge is 0.241 e. The minimum Gasteiger partial charge on any atom is -0.437 e. The molecule has 5 heteroatoms. The van der Waals surface area contributed by atoms with E-state index in [2.05, 4.69) is 9.97 Å². The maximum absolute atomic E-state index is 12.3. The second-order valence-corrected chi connectivity index (χ2v) is 6.44. The Morgan fingerprint density at radius 2 is 1.96 bits per heavy atom. The van der Waals surface area contributed by atoms with E-state index in [0.29, 0.717) is 12.4 Å². The summed E-state index contributed by atoms with van der Waals surface area (Å²) in [7, 11) is 0. The predicted molar refractivity (Wildman–Crippen MR) is 91.9 cm³/mol. The number of rotatable bonds is 4. The molecule has 1 atom stereocenters. The Balaban J connectivity index is 1.80. The lowest BCUT2D eigenvalue weighted by Gasteiger charge is -2.33. The van der Waals surface area contributed by atoms with Crippen LogP contribution in [0.2, 0.25) is 0 Å². The lowest BCUT2D eigenvalue weighted by molar-refractivity contribution is -0.135. The van der Waals surface area contributed by atoms with Gasteiger partial charge in [-0.15, -0.1) is 0 Å². The van der Waals surface area contributed by atoms with Crippen molar-refractivity contribution in [3.8, 4) is 11.6 Å². The Bertz CT molecular complexity index is 688. The largest absolute Gasteiger partial charge is 0.437 e. The van der Waals surface area contributed by atoms with Crippen LogP contribution in [-0.2, 0) is 4.79 Å². The van der Waals surface area contributed by atoms with Crippen molar-refractivity contribution >= 4 is 5.91 Å². The van der Waals surface area contributed by atoms with E-state index in [1.54, 1.807) is 12.4 Å². The summed E-state index contributed by atoms with van der Waals surface area (Å²) in [6.07, 6.45) is 5.30. The van der Waals surface area contributed by atoms with Crippen LogP contribution in [0.1, 0.15) is 38.3 Å². The van der Waals surface area contributed by atoms with Gasteiger partial charge in [0.2, 0.25) is 11.8 Å². The van der Waals surface area contributed by atoms with Gasteiger partial charge >= 0.3 is 0 Å². The van der Waals surface area contributed by atoms with E-state index in [4.69, 9.17) is 4.74 Å². The second-order valence-electron chi connectivity index (χ2n) is 6.44. The van der Waals surface area contributed by atoms with Gasteiger partial charge in [0.05, 0.1) is 0 Å². The lowest BCUT2D eigenvalue weighted by atomic mass is 9.94. The Morgan fingerprint density at radius 3 is 2.71 bits per heavy atom. The van der Waals surface area contributed by atoms with Gasteiger partial charge in [0, 0.05) is 37.3 Å². The number of aromatic nitrogens is 2. The summed E-state index contributed by atoms with van der Waals surface area (Å²) >= 11 is 0. The normalized spacial score (nSPS) is 17.8. The zero-order valence-corrected chi connectivity index (χ0v) is 14.2. The average Bonchev–Trinajstić information content (AvgIpc) is 2.62. The highest BCUT2D eigenvalue weighted by atomic mass is 16.5. The monoisotopic (exact) mass is 325 g/mol. The minimum absolute atomic E-state index is 0.0191. The highest BCUT2D eigenvalue weighted by molar-refractivity contribution is 5.78. The number of nitrogens with zero attached hydrogens (tertiary/aromatic N) is 3. The fourth-order valence-electron chi connectivity index (χ4n) is 3.06. The summed E-state index contributed by atoms with van der Waals surface area (Å²) in [6.45, 7) is 5.39. The highest BCUT2D eigenvalue weighted by Crippen LogP contribution is 2.32. The van der Waals surface area contributed by atoms with Gasteiger partial charge in [0.15, 0.2) is 0 Å². The molecule has 0 spiro atoms. The number of amides is 1. The van der Waals surface area contributed by atoms with Crippen molar-refractivity contribution < 1.29 is 9.53 Å². The molecular weight excluding hydrogens is 302 g/mol. The maximum Gasteiger partial charge on any atom is 0.241 e. The molecule has 1 unspecified atom stereocenters. The number of hydrogen-bond donors (Lipinski definition) is 0. The third-order valence-corrected chi connectivity index (χ3v) is 4.26. The first-order chi connectivity index (χ1) is 11.6. The molecule has 126 valence electrons. The van der Waals surface area contributed by atoms with Crippen LogP contribution < -0.4 is 4.74 Å². The standard InChI is InChI=1S/C19H23N3O2/c1-14(2)19(23)22-12-6-7-15(13-22)17-18(21-11-10-20-17)24-16-8-4-3-5-9-16/h3-5,8-11,14-15H,6-7,12-13H2,1-2H3. The van der Waals surface area contributed by atoms with E-state index in [1.807, 2.05) is 49.1 Å². The summed E-state index contributed by atoms with van der Waals surface area (Å²) in [5, 5.41) is 0. The van der Waals surface area contributed by atoms with Crippen LogP contribution in [0.25, 0.3) is 0 Å². The molecule has 1 amide bonds. The number of para-hydroxylation sites is 1.